The molecule has 4 nitrogen and oxygen atoms in total. The molecule has 0 fully saturated rings. The second-order valence-corrected chi connectivity index (χ2v) is 11.3. The Morgan fingerprint density at radius 1 is 0.553 bits per heavy atom. The lowest BCUT2D eigenvalue weighted by Gasteiger charge is -2.17. The Labute approximate surface area is 236 Å². The van der Waals surface area contributed by atoms with E-state index in [0.717, 1.165) is 32.1 Å². The second kappa shape index (κ2) is 30.2. The highest BCUT2D eigenvalue weighted by atomic mass is 16.5. The van der Waals surface area contributed by atoms with Crippen LogP contribution in [0.4, 0.5) is 0 Å². The molecule has 38 heavy (non-hydrogen) atoms. The van der Waals surface area contributed by atoms with E-state index in [-0.39, 0.29) is 18.5 Å². The first-order valence-corrected chi connectivity index (χ1v) is 16.7. The van der Waals surface area contributed by atoms with E-state index in [4.69, 9.17) is 9.84 Å². The fourth-order valence-electron chi connectivity index (χ4n) is 4.99. The van der Waals surface area contributed by atoms with Crippen LogP contribution in [0.25, 0.3) is 0 Å². The van der Waals surface area contributed by atoms with Crippen molar-refractivity contribution in [3.05, 3.63) is 12.2 Å². The summed E-state index contributed by atoms with van der Waals surface area (Å²) < 4.78 is 5.70. The first kappa shape index (κ1) is 36.7. The number of hydrogen-bond acceptors (Lipinski definition) is 3. The molecule has 0 saturated heterocycles. The summed E-state index contributed by atoms with van der Waals surface area (Å²) in [6, 6.07) is 0. The van der Waals surface area contributed by atoms with E-state index in [1.54, 1.807) is 0 Å². The maximum Gasteiger partial charge on any atom is 0.306 e. The van der Waals surface area contributed by atoms with Crippen LogP contribution in [0.3, 0.4) is 0 Å². The van der Waals surface area contributed by atoms with Crippen molar-refractivity contribution in [2.45, 2.75) is 193 Å². The predicted octanol–water partition coefficient (Wildman–Crippen LogP) is 11.1. The Morgan fingerprint density at radius 3 is 1.47 bits per heavy atom. The predicted molar refractivity (Wildman–Crippen MR) is 163 cm³/mol. The zero-order chi connectivity index (χ0) is 27.9. The third kappa shape index (κ3) is 29.2. The van der Waals surface area contributed by atoms with Gasteiger partial charge in [-0.25, -0.2) is 0 Å². The first-order chi connectivity index (χ1) is 18.6. The minimum atomic E-state index is -0.813. The summed E-state index contributed by atoms with van der Waals surface area (Å²) in [5, 5.41) is 9.06. The van der Waals surface area contributed by atoms with Gasteiger partial charge < -0.3 is 9.84 Å². The van der Waals surface area contributed by atoms with Gasteiger partial charge in [-0.2, -0.15) is 0 Å². The van der Waals surface area contributed by atoms with Crippen molar-refractivity contribution in [1.29, 1.82) is 0 Å². The van der Waals surface area contributed by atoms with E-state index in [2.05, 4.69) is 26.0 Å². The summed E-state index contributed by atoms with van der Waals surface area (Å²) in [6.07, 6.45) is 35.0. The Bertz CT molecular complexity index is 543. The van der Waals surface area contributed by atoms with Gasteiger partial charge in [0.15, 0.2) is 0 Å². The third-order valence-corrected chi connectivity index (χ3v) is 7.50. The lowest BCUT2D eigenvalue weighted by molar-refractivity contribution is -0.151. The molecule has 0 saturated carbocycles. The molecular weight excluding hydrogens is 472 g/mol. The average molecular weight is 537 g/mol. The molecule has 0 aromatic carbocycles. The van der Waals surface area contributed by atoms with Crippen LogP contribution < -0.4 is 0 Å². The lowest BCUT2D eigenvalue weighted by atomic mass is 10.0. The van der Waals surface area contributed by atoms with E-state index in [9.17, 15) is 9.59 Å². The van der Waals surface area contributed by atoms with Crippen molar-refractivity contribution >= 4 is 11.9 Å². The molecule has 0 aliphatic carbocycles. The molecule has 1 atom stereocenters. The van der Waals surface area contributed by atoms with Gasteiger partial charge in [-0.15, -0.1) is 0 Å². The quantitative estimate of drug-likeness (QED) is 0.0563. The van der Waals surface area contributed by atoms with Crippen molar-refractivity contribution < 1.29 is 19.4 Å². The van der Waals surface area contributed by atoms with Crippen LogP contribution in [-0.2, 0) is 14.3 Å². The fourth-order valence-corrected chi connectivity index (χ4v) is 4.99. The first-order valence-electron chi connectivity index (χ1n) is 16.7. The summed E-state index contributed by atoms with van der Waals surface area (Å²) in [5.74, 6) is -0.961. The molecule has 0 amide bonds. The minimum absolute atomic E-state index is 0.0728. The van der Waals surface area contributed by atoms with Gasteiger partial charge in [0.05, 0.1) is 0 Å². The molecule has 0 rings (SSSR count). The fraction of sp³-hybridized carbons (Fsp3) is 0.882. The molecule has 4 heteroatoms. The van der Waals surface area contributed by atoms with E-state index in [0.29, 0.717) is 12.8 Å². The maximum atomic E-state index is 12.3. The summed E-state index contributed by atoms with van der Waals surface area (Å²) in [7, 11) is 0. The van der Waals surface area contributed by atoms with Gasteiger partial charge in [0.2, 0.25) is 0 Å². The molecule has 1 unspecified atom stereocenters. The Hall–Kier alpha value is -1.32. The zero-order valence-corrected chi connectivity index (χ0v) is 25.5. The molecule has 0 aliphatic rings. The number of carboxylic acids is 1. The van der Waals surface area contributed by atoms with Gasteiger partial charge in [-0.3, -0.25) is 9.59 Å². The number of carbonyl (C=O) groups excluding carboxylic acids is 1. The molecule has 1 N–H and O–H groups in total. The molecule has 0 spiro atoms. The summed E-state index contributed by atoms with van der Waals surface area (Å²) in [5.41, 5.74) is 0. The number of aliphatic carboxylic acids is 1. The SMILES string of the molecule is CCCCCC/C=C\CCCCCCCC(=O)OC(CCCCCCCCCCCCCC)CCC(=O)O. The van der Waals surface area contributed by atoms with Gasteiger partial charge in [-0.05, 0) is 51.4 Å². The molecule has 0 aliphatic heterocycles. The van der Waals surface area contributed by atoms with Crippen molar-refractivity contribution in [3.8, 4) is 0 Å². The topological polar surface area (TPSA) is 63.6 Å². The number of allylic oxidation sites excluding steroid dienone is 2. The molecule has 0 aromatic rings. The smallest absolute Gasteiger partial charge is 0.306 e. The Morgan fingerprint density at radius 2 is 0.974 bits per heavy atom. The molecule has 0 bridgehead atoms. The molecular formula is C34H64O4. The van der Waals surface area contributed by atoms with Gasteiger partial charge in [0.25, 0.3) is 0 Å². The van der Waals surface area contributed by atoms with Crippen molar-refractivity contribution in [3.63, 3.8) is 0 Å². The number of carboxylic acid groups (broad SMARTS) is 1. The Balaban J connectivity index is 3.79. The van der Waals surface area contributed by atoms with Crippen LogP contribution in [0.1, 0.15) is 187 Å². The number of hydrogen-bond donors (Lipinski definition) is 1. The number of carbonyl (C=O) groups is 2. The maximum absolute atomic E-state index is 12.3. The second-order valence-electron chi connectivity index (χ2n) is 11.3. The summed E-state index contributed by atoms with van der Waals surface area (Å²) in [6.45, 7) is 4.51. The van der Waals surface area contributed by atoms with Gasteiger partial charge >= 0.3 is 11.9 Å². The lowest BCUT2D eigenvalue weighted by Crippen LogP contribution is -2.19. The van der Waals surface area contributed by atoms with Crippen LogP contribution in [0.5, 0.6) is 0 Å². The van der Waals surface area contributed by atoms with Crippen molar-refractivity contribution in [2.75, 3.05) is 0 Å². The van der Waals surface area contributed by atoms with Crippen LogP contribution in [-0.4, -0.2) is 23.1 Å². The highest BCUT2D eigenvalue weighted by molar-refractivity contribution is 5.69. The van der Waals surface area contributed by atoms with Crippen molar-refractivity contribution in [1.82, 2.24) is 0 Å². The molecule has 0 aromatic heterocycles. The third-order valence-electron chi connectivity index (χ3n) is 7.50. The zero-order valence-electron chi connectivity index (χ0n) is 25.5. The van der Waals surface area contributed by atoms with Gasteiger partial charge in [0, 0.05) is 12.8 Å². The number of ether oxygens (including phenoxy) is 1. The summed E-state index contributed by atoms with van der Waals surface area (Å²) in [4.78, 5) is 23.4. The monoisotopic (exact) mass is 536 g/mol. The van der Waals surface area contributed by atoms with E-state index >= 15 is 0 Å². The number of rotatable bonds is 30. The highest BCUT2D eigenvalue weighted by Gasteiger charge is 2.15. The van der Waals surface area contributed by atoms with Gasteiger partial charge in [0.1, 0.15) is 6.10 Å². The summed E-state index contributed by atoms with van der Waals surface area (Å²) >= 11 is 0. The number of esters is 1. The molecule has 0 radical (unpaired) electrons. The van der Waals surface area contributed by atoms with Crippen LogP contribution >= 0.6 is 0 Å². The van der Waals surface area contributed by atoms with E-state index < -0.39 is 5.97 Å². The number of unbranched alkanes of at least 4 members (excludes halogenated alkanes) is 20. The normalized spacial score (nSPS) is 12.3. The van der Waals surface area contributed by atoms with E-state index in [1.165, 1.54) is 122 Å². The average Bonchev–Trinajstić information content (AvgIpc) is 2.90. The largest absolute Gasteiger partial charge is 0.481 e. The molecule has 0 heterocycles. The van der Waals surface area contributed by atoms with Crippen molar-refractivity contribution in [2.24, 2.45) is 0 Å². The minimum Gasteiger partial charge on any atom is -0.481 e. The highest BCUT2D eigenvalue weighted by Crippen LogP contribution is 2.17. The van der Waals surface area contributed by atoms with Crippen LogP contribution in [0.2, 0.25) is 0 Å². The van der Waals surface area contributed by atoms with E-state index in [1.807, 2.05) is 0 Å². The van der Waals surface area contributed by atoms with Crippen LogP contribution in [0, 0.1) is 0 Å². The standard InChI is InChI=1S/C34H64O4/c1-3-5-7-9-11-13-15-17-19-21-23-25-27-29-34(37)38-32(30-31-33(35)36)28-26-24-22-20-18-16-14-12-10-8-6-4-2/h13,15,32H,3-12,14,16-31H2,1-2H3,(H,35,36)/b15-13-. The molecule has 224 valence electrons. The van der Waals surface area contributed by atoms with Crippen LogP contribution in [0.15, 0.2) is 12.2 Å². The Kier molecular flexibility index (Phi) is 29.2. The van der Waals surface area contributed by atoms with Gasteiger partial charge in [-0.1, -0.05) is 135 Å².